The van der Waals surface area contributed by atoms with Crippen molar-refractivity contribution in [3.8, 4) is 23.0 Å². The molecule has 1 aliphatic heterocycles. The molecule has 5 unspecified atom stereocenters. The van der Waals surface area contributed by atoms with Gasteiger partial charge < -0.3 is 50.3 Å². The van der Waals surface area contributed by atoms with E-state index in [0.717, 1.165) is 0 Å². The van der Waals surface area contributed by atoms with E-state index >= 15 is 0 Å². The lowest BCUT2D eigenvalue weighted by Gasteiger charge is -2.39. The van der Waals surface area contributed by atoms with Gasteiger partial charge in [-0.25, -0.2) is 0 Å². The number of phenolic OH excluding ortho intramolecular Hbond substituents is 3. The summed E-state index contributed by atoms with van der Waals surface area (Å²) in [5, 5.41) is 81.1. The molecule has 1 aliphatic rings. The number of benzene rings is 3. The van der Waals surface area contributed by atoms with Gasteiger partial charge in [-0.05, 0) is 23.8 Å². The lowest BCUT2D eigenvalue weighted by atomic mass is 9.97. The Kier molecular flexibility index (Phi) is 5.52. The zero-order valence-corrected chi connectivity index (χ0v) is 16.1. The number of aliphatic hydroxyl groups excluding tert-OH is 5. The summed E-state index contributed by atoms with van der Waals surface area (Å²) < 4.78 is 11.3. The first-order valence-corrected chi connectivity index (χ1v) is 9.48. The molecular weight excluding hydrogens is 412 g/mol. The van der Waals surface area contributed by atoms with Crippen LogP contribution in [0.3, 0.4) is 0 Å². The highest BCUT2D eigenvalue weighted by Crippen LogP contribution is 2.49. The van der Waals surface area contributed by atoms with E-state index in [1.54, 1.807) is 0 Å². The van der Waals surface area contributed by atoms with Gasteiger partial charge >= 0.3 is 0 Å². The van der Waals surface area contributed by atoms with Gasteiger partial charge in [0.05, 0.1) is 24.0 Å². The smallest absolute Gasteiger partial charge is 0.229 e. The van der Waals surface area contributed by atoms with Crippen molar-refractivity contribution >= 4 is 21.5 Å². The summed E-state index contributed by atoms with van der Waals surface area (Å²) in [7, 11) is 0. The topological polar surface area (TPSA) is 180 Å². The van der Waals surface area contributed by atoms with Gasteiger partial charge in [0.15, 0.2) is 0 Å². The maximum absolute atomic E-state index is 10.7. The Balaban J connectivity index is 1.96. The van der Waals surface area contributed by atoms with Crippen molar-refractivity contribution in [3.63, 3.8) is 0 Å². The van der Waals surface area contributed by atoms with Gasteiger partial charge in [0.2, 0.25) is 6.29 Å². The summed E-state index contributed by atoms with van der Waals surface area (Å²) >= 11 is 0. The molecular formula is C21H22O10. The number of fused-ring (bicyclic) bond motifs is 2. The summed E-state index contributed by atoms with van der Waals surface area (Å²) in [6.07, 6.45) is -7.73. The summed E-state index contributed by atoms with van der Waals surface area (Å²) in [5.74, 6) is -1.15. The molecule has 0 saturated carbocycles. The molecule has 10 heteroatoms. The molecule has 0 spiro atoms. The van der Waals surface area contributed by atoms with Crippen LogP contribution in [0.15, 0.2) is 30.3 Å². The number of aliphatic hydroxyl groups is 5. The number of rotatable bonds is 4. The van der Waals surface area contributed by atoms with Crippen molar-refractivity contribution in [1.29, 1.82) is 0 Å². The molecule has 1 fully saturated rings. The normalized spacial score (nSPS) is 26.4. The molecule has 0 bridgehead atoms. The standard InChI is InChI=1S/C21H22O10/c22-6-8-4-10-15(12(25)5-8)17(27)14-9(2-1-3-11(14)24)20(10)31-21-19(29)18(28)16(26)13(7-23)30-21/h1-5,13,16,18-19,21-29H,6-7H2. The number of aromatic hydroxyl groups is 3. The summed E-state index contributed by atoms with van der Waals surface area (Å²) in [6, 6.07) is 7.00. The van der Waals surface area contributed by atoms with Crippen LogP contribution in [-0.2, 0) is 11.3 Å². The highest BCUT2D eigenvalue weighted by atomic mass is 16.7. The Hall–Kier alpha value is -2.86. The van der Waals surface area contributed by atoms with Crippen molar-refractivity contribution in [1.82, 2.24) is 0 Å². The SMILES string of the molecule is OCc1cc(O)c2c(O)c3c(O)cccc3c(OC3OC(CO)C(O)C(O)C3O)c2c1. The van der Waals surface area contributed by atoms with Gasteiger partial charge in [0, 0.05) is 10.8 Å². The van der Waals surface area contributed by atoms with E-state index in [2.05, 4.69) is 0 Å². The van der Waals surface area contributed by atoms with Crippen LogP contribution in [0.25, 0.3) is 21.5 Å². The minimum Gasteiger partial charge on any atom is -0.507 e. The van der Waals surface area contributed by atoms with Gasteiger partial charge in [-0.2, -0.15) is 0 Å². The van der Waals surface area contributed by atoms with Gasteiger partial charge in [-0.15, -0.1) is 0 Å². The van der Waals surface area contributed by atoms with Crippen molar-refractivity contribution in [2.75, 3.05) is 6.61 Å². The average Bonchev–Trinajstić information content (AvgIpc) is 2.75. The largest absolute Gasteiger partial charge is 0.507 e. The fraction of sp³-hybridized carbons (Fsp3) is 0.333. The quantitative estimate of drug-likeness (QED) is 0.256. The molecule has 0 aliphatic carbocycles. The Morgan fingerprint density at radius 1 is 0.839 bits per heavy atom. The number of ether oxygens (including phenoxy) is 2. The molecule has 0 amide bonds. The molecule has 31 heavy (non-hydrogen) atoms. The van der Waals surface area contributed by atoms with Crippen LogP contribution in [0.5, 0.6) is 23.0 Å². The highest BCUT2D eigenvalue weighted by Gasteiger charge is 2.45. The first-order chi connectivity index (χ1) is 14.8. The molecule has 1 heterocycles. The lowest BCUT2D eigenvalue weighted by Crippen LogP contribution is -2.60. The van der Waals surface area contributed by atoms with Crippen LogP contribution in [0.1, 0.15) is 5.56 Å². The second kappa shape index (κ2) is 8.00. The Labute approximate surface area is 175 Å². The molecule has 4 rings (SSSR count). The average molecular weight is 434 g/mol. The molecule has 0 radical (unpaired) electrons. The van der Waals surface area contributed by atoms with E-state index in [9.17, 15) is 40.9 Å². The zero-order chi connectivity index (χ0) is 22.4. The second-order valence-corrected chi connectivity index (χ2v) is 7.39. The zero-order valence-electron chi connectivity index (χ0n) is 16.1. The first-order valence-electron chi connectivity index (χ1n) is 9.48. The van der Waals surface area contributed by atoms with Crippen LogP contribution in [-0.4, -0.2) is 78.2 Å². The molecule has 3 aromatic carbocycles. The minimum atomic E-state index is -1.70. The van der Waals surface area contributed by atoms with E-state index in [0.29, 0.717) is 5.56 Å². The van der Waals surface area contributed by atoms with Crippen LogP contribution in [0.4, 0.5) is 0 Å². The molecule has 0 aromatic heterocycles. The van der Waals surface area contributed by atoms with Gasteiger partial charge in [0.25, 0.3) is 0 Å². The van der Waals surface area contributed by atoms with Gasteiger partial charge in [-0.3, -0.25) is 0 Å². The summed E-state index contributed by atoms with van der Waals surface area (Å²) in [5.41, 5.74) is 0.294. The van der Waals surface area contributed by atoms with E-state index < -0.39 is 49.7 Å². The lowest BCUT2D eigenvalue weighted by molar-refractivity contribution is -0.277. The maximum Gasteiger partial charge on any atom is 0.229 e. The fourth-order valence-corrected chi connectivity index (χ4v) is 3.86. The third-order valence-electron chi connectivity index (χ3n) is 5.45. The molecule has 1 saturated heterocycles. The highest BCUT2D eigenvalue weighted by molar-refractivity contribution is 6.14. The van der Waals surface area contributed by atoms with E-state index in [1.807, 2.05) is 0 Å². The Bertz CT molecular complexity index is 1130. The van der Waals surface area contributed by atoms with Gasteiger partial charge in [-0.1, -0.05) is 12.1 Å². The van der Waals surface area contributed by atoms with Crippen LogP contribution < -0.4 is 4.74 Å². The molecule has 166 valence electrons. The monoisotopic (exact) mass is 434 g/mol. The third kappa shape index (κ3) is 3.39. The Morgan fingerprint density at radius 3 is 2.23 bits per heavy atom. The predicted molar refractivity (Wildman–Crippen MR) is 107 cm³/mol. The van der Waals surface area contributed by atoms with Gasteiger partial charge in [0.1, 0.15) is 47.4 Å². The van der Waals surface area contributed by atoms with Crippen LogP contribution in [0, 0.1) is 0 Å². The fourth-order valence-electron chi connectivity index (χ4n) is 3.86. The first kappa shape index (κ1) is 21.4. The summed E-state index contributed by atoms with van der Waals surface area (Å²) in [6.45, 7) is -1.08. The maximum atomic E-state index is 10.7. The molecule has 5 atom stereocenters. The van der Waals surface area contributed by atoms with Crippen LogP contribution in [0.2, 0.25) is 0 Å². The summed E-state index contributed by atoms with van der Waals surface area (Å²) in [4.78, 5) is 0. The minimum absolute atomic E-state index is 0.0337. The van der Waals surface area contributed by atoms with Crippen molar-refractivity contribution in [3.05, 3.63) is 35.9 Å². The second-order valence-electron chi connectivity index (χ2n) is 7.39. The molecule has 10 nitrogen and oxygen atoms in total. The van der Waals surface area contributed by atoms with Crippen molar-refractivity contribution in [2.45, 2.75) is 37.3 Å². The van der Waals surface area contributed by atoms with Crippen molar-refractivity contribution < 1.29 is 50.3 Å². The number of hydrogen-bond donors (Lipinski definition) is 8. The predicted octanol–water partition coefficient (Wildman–Crippen LogP) is -0.219. The number of phenols is 3. The number of hydrogen-bond acceptors (Lipinski definition) is 10. The van der Waals surface area contributed by atoms with E-state index in [1.165, 1.54) is 30.3 Å². The molecule has 8 N–H and O–H groups in total. The van der Waals surface area contributed by atoms with E-state index in [-0.39, 0.29) is 38.8 Å². The van der Waals surface area contributed by atoms with E-state index in [4.69, 9.17) is 9.47 Å². The third-order valence-corrected chi connectivity index (χ3v) is 5.45. The van der Waals surface area contributed by atoms with Crippen molar-refractivity contribution in [2.24, 2.45) is 0 Å². The molecule has 3 aromatic rings. The Morgan fingerprint density at radius 2 is 1.55 bits per heavy atom. The van der Waals surface area contributed by atoms with Crippen LogP contribution >= 0.6 is 0 Å².